The van der Waals surface area contributed by atoms with Gasteiger partial charge in [-0.25, -0.2) is 0 Å². The van der Waals surface area contributed by atoms with E-state index in [4.69, 9.17) is 4.99 Å². The topological polar surface area (TPSA) is 53.2 Å². The highest BCUT2D eigenvalue weighted by Gasteiger charge is 2.62. The summed E-state index contributed by atoms with van der Waals surface area (Å²) in [6, 6.07) is 17.1. The third-order valence-electron chi connectivity index (χ3n) is 8.94. The molecule has 0 heterocycles. The summed E-state index contributed by atoms with van der Waals surface area (Å²) < 4.78 is 0. The number of nitriles is 1. The van der Waals surface area contributed by atoms with Crippen LogP contribution in [0.25, 0.3) is 0 Å². The van der Waals surface area contributed by atoms with Crippen LogP contribution in [-0.4, -0.2) is 11.5 Å². The van der Waals surface area contributed by atoms with Crippen LogP contribution in [-0.2, 0) is 29.6 Å². The molecule has 2 unspecified atom stereocenters. The lowest BCUT2D eigenvalue weighted by atomic mass is 9.60. The minimum Gasteiger partial charge on any atom is -0.296 e. The van der Waals surface area contributed by atoms with E-state index in [2.05, 4.69) is 77.9 Å². The van der Waals surface area contributed by atoms with Crippen LogP contribution in [0.4, 0.5) is 0 Å². The number of hydrogen-bond acceptors (Lipinski definition) is 3. The monoisotopic (exact) mass is 482 g/mol. The Bertz CT molecular complexity index is 1170. The molecule has 0 saturated carbocycles. The predicted octanol–water partition coefficient (Wildman–Crippen LogP) is 7.63. The second kappa shape index (κ2) is 10.3. The van der Waals surface area contributed by atoms with Gasteiger partial charge in [0.15, 0.2) is 5.78 Å². The zero-order chi connectivity index (χ0) is 26.1. The largest absolute Gasteiger partial charge is 0.296 e. The molecular weight excluding hydrogens is 440 g/mol. The van der Waals surface area contributed by atoms with Crippen LogP contribution in [0.1, 0.15) is 95.0 Å². The molecule has 36 heavy (non-hydrogen) atoms. The van der Waals surface area contributed by atoms with Crippen molar-refractivity contribution in [1.29, 1.82) is 5.26 Å². The summed E-state index contributed by atoms with van der Waals surface area (Å²) in [5.74, 6) is 0.918. The maximum Gasteiger partial charge on any atom is 0.168 e. The standard InChI is InChI=1S/C33H42N2O/c1-7-26(18-22(2)3)31(36)33(35-24(6)23(4)5)30-19-25(21-34)12-13-29(30)20-32(33)16-14-27-10-8-9-11-28(27)15-17-32/h8-13,19,22-23,26H,7,14-18,20H2,1-6H3. The quantitative estimate of drug-likeness (QED) is 0.381. The first kappa shape index (κ1) is 26.3. The highest BCUT2D eigenvalue weighted by molar-refractivity contribution is 5.97. The Balaban J connectivity index is 2.00. The Labute approximate surface area is 218 Å². The number of carbonyl (C=O) groups excluding carboxylic acids is 1. The summed E-state index contributed by atoms with van der Waals surface area (Å²) in [5, 5.41) is 9.82. The molecule has 0 bridgehead atoms. The summed E-state index contributed by atoms with van der Waals surface area (Å²) in [4.78, 5) is 20.6. The Morgan fingerprint density at radius 2 is 1.67 bits per heavy atom. The number of carbonyl (C=O) groups is 1. The van der Waals surface area contributed by atoms with Crippen molar-refractivity contribution in [2.75, 3.05) is 0 Å². The minimum atomic E-state index is -0.943. The number of rotatable bonds is 7. The Kier molecular flexibility index (Phi) is 7.56. The number of aryl methyl sites for hydroxylation is 2. The van der Waals surface area contributed by atoms with Crippen LogP contribution in [0.5, 0.6) is 0 Å². The summed E-state index contributed by atoms with van der Waals surface area (Å²) in [6.45, 7) is 13.0. The molecule has 1 spiro atoms. The molecule has 2 atom stereocenters. The van der Waals surface area contributed by atoms with Crippen molar-refractivity contribution in [2.45, 2.75) is 92.0 Å². The van der Waals surface area contributed by atoms with Crippen LogP contribution < -0.4 is 0 Å². The molecule has 3 heteroatoms. The van der Waals surface area contributed by atoms with E-state index < -0.39 is 5.54 Å². The van der Waals surface area contributed by atoms with Gasteiger partial charge in [-0.3, -0.25) is 9.79 Å². The molecule has 190 valence electrons. The average molecular weight is 483 g/mol. The van der Waals surface area contributed by atoms with E-state index >= 15 is 4.79 Å². The minimum absolute atomic E-state index is 0.0482. The average Bonchev–Trinajstić information content (AvgIpc) is 2.99. The molecule has 4 rings (SSSR count). The van der Waals surface area contributed by atoms with Gasteiger partial charge in [-0.2, -0.15) is 5.26 Å². The lowest BCUT2D eigenvalue weighted by molar-refractivity contribution is -0.134. The summed E-state index contributed by atoms with van der Waals surface area (Å²) in [7, 11) is 0. The third-order valence-corrected chi connectivity index (χ3v) is 8.94. The van der Waals surface area contributed by atoms with Crippen LogP contribution in [0.15, 0.2) is 47.5 Å². The van der Waals surface area contributed by atoms with Gasteiger partial charge in [0.05, 0.1) is 11.6 Å². The fourth-order valence-corrected chi connectivity index (χ4v) is 6.72. The van der Waals surface area contributed by atoms with E-state index in [9.17, 15) is 5.26 Å². The van der Waals surface area contributed by atoms with Gasteiger partial charge in [0.1, 0.15) is 5.54 Å². The Morgan fingerprint density at radius 3 is 2.19 bits per heavy atom. The van der Waals surface area contributed by atoms with E-state index in [0.29, 0.717) is 11.5 Å². The zero-order valence-corrected chi connectivity index (χ0v) is 23.0. The van der Waals surface area contributed by atoms with Gasteiger partial charge >= 0.3 is 0 Å². The van der Waals surface area contributed by atoms with Crippen LogP contribution in [0, 0.1) is 34.5 Å². The molecule has 0 aromatic heterocycles. The van der Waals surface area contributed by atoms with E-state index in [0.717, 1.165) is 56.2 Å². The number of hydrogen-bond donors (Lipinski definition) is 0. The number of ketones is 1. The molecule has 2 aromatic rings. The third kappa shape index (κ3) is 4.45. The molecule has 0 amide bonds. The lowest BCUT2D eigenvalue weighted by Gasteiger charge is -2.45. The summed E-state index contributed by atoms with van der Waals surface area (Å²) in [5.41, 5.74) is 5.42. The molecule has 0 aliphatic heterocycles. The highest BCUT2D eigenvalue weighted by atomic mass is 16.1. The van der Waals surface area contributed by atoms with Gasteiger partial charge in [-0.1, -0.05) is 65.0 Å². The maximum absolute atomic E-state index is 15.0. The van der Waals surface area contributed by atoms with Gasteiger partial charge in [-0.05, 0) is 98.1 Å². The fourth-order valence-electron chi connectivity index (χ4n) is 6.72. The lowest BCUT2D eigenvalue weighted by Crippen LogP contribution is -2.51. The SMILES string of the molecule is CCC(CC(C)C)C(=O)C1(N=C(C)C(C)C)c2cc(C#N)ccc2CC12CCc1ccccc1CC2. The van der Waals surface area contributed by atoms with Crippen LogP contribution in [0.3, 0.4) is 0 Å². The number of Topliss-reactive ketones (excluding diaryl/α,β-unsaturated/α-hetero) is 1. The molecule has 2 aliphatic rings. The smallest absolute Gasteiger partial charge is 0.168 e. The van der Waals surface area contributed by atoms with Crippen molar-refractivity contribution >= 4 is 11.5 Å². The summed E-state index contributed by atoms with van der Waals surface area (Å²) >= 11 is 0. The zero-order valence-electron chi connectivity index (χ0n) is 23.0. The number of benzene rings is 2. The van der Waals surface area contributed by atoms with Crippen molar-refractivity contribution in [1.82, 2.24) is 0 Å². The van der Waals surface area contributed by atoms with Crippen molar-refractivity contribution in [3.8, 4) is 6.07 Å². The molecule has 2 aliphatic carbocycles. The molecule has 2 aromatic carbocycles. The summed E-state index contributed by atoms with van der Waals surface area (Å²) in [6.07, 6.45) is 6.32. The van der Waals surface area contributed by atoms with E-state index in [1.165, 1.54) is 16.7 Å². The number of fused-ring (bicyclic) bond motifs is 2. The Morgan fingerprint density at radius 1 is 1.03 bits per heavy atom. The van der Waals surface area contributed by atoms with E-state index in [-0.39, 0.29) is 23.0 Å². The molecule has 0 radical (unpaired) electrons. The molecule has 0 fully saturated rings. The van der Waals surface area contributed by atoms with Crippen molar-refractivity contribution < 1.29 is 4.79 Å². The van der Waals surface area contributed by atoms with Gasteiger partial charge in [-0.15, -0.1) is 0 Å². The second-order valence-electron chi connectivity index (χ2n) is 11.9. The first-order valence-electron chi connectivity index (χ1n) is 13.9. The van der Waals surface area contributed by atoms with Gasteiger partial charge in [0.25, 0.3) is 0 Å². The Hall–Kier alpha value is -2.73. The number of nitrogens with zero attached hydrogens (tertiary/aromatic N) is 2. The first-order chi connectivity index (χ1) is 17.2. The van der Waals surface area contributed by atoms with Crippen molar-refractivity contribution in [3.05, 3.63) is 70.3 Å². The van der Waals surface area contributed by atoms with Gasteiger partial charge in [0.2, 0.25) is 0 Å². The van der Waals surface area contributed by atoms with Crippen LogP contribution in [0.2, 0.25) is 0 Å². The molecule has 0 saturated heterocycles. The van der Waals surface area contributed by atoms with Crippen molar-refractivity contribution in [2.24, 2.45) is 28.2 Å². The predicted molar refractivity (Wildman–Crippen MR) is 148 cm³/mol. The molecule has 0 N–H and O–H groups in total. The van der Waals surface area contributed by atoms with Crippen LogP contribution >= 0.6 is 0 Å². The van der Waals surface area contributed by atoms with E-state index in [1.54, 1.807) is 0 Å². The first-order valence-corrected chi connectivity index (χ1v) is 13.9. The molecular formula is C33H42N2O. The number of aliphatic imine (C=N–C) groups is 1. The molecule has 3 nitrogen and oxygen atoms in total. The van der Waals surface area contributed by atoms with Gasteiger partial charge < -0.3 is 0 Å². The maximum atomic E-state index is 15.0. The fraction of sp³-hybridized carbons (Fsp3) is 0.545. The normalized spacial score (nSPS) is 21.7. The van der Waals surface area contributed by atoms with Crippen molar-refractivity contribution in [3.63, 3.8) is 0 Å². The van der Waals surface area contributed by atoms with Gasteiger partial charge in [0, 0.05) is 17.0 Å². The van der Waals surface area contributed by atoms with E-state index in [1.807, 2.05) is 12.1 Å². The second-order valence-corrected chi connectivity index (χ2v) is 11.9. The highest BCUT2D eigenvalue weighted by Crippen LogP contribution is 2.60.